The molecule has 0 spiro atoms. The van der Waals surface area contributed by atoms with Crippen molar-refractivity contribution in [3.63, 3.8) is 0 Å². The summed E-state index contributed by atoms with van der Waals surface area (Å²) >= 11 is 0. The second kappa shape index (κ2) is 7.67. The molecule has 8 nitrogen and oxygen atoms in total. The summed E-state index contributed by atoms with van der Waals surface area (Å²) in [5.74, 6) is 0.448. The van der Waals surface area contributed by atoms with Gasteiger partial charge in [0.1, 0.15) is 16.7 Å². The van der Waals surface area contributed by atoms with Crippen molar-refractivity contribution in [2.45, 2.75) is 29.9 Å². The fourth-order valence-electron chi connectivity index (χ4n) is 2.83. The third kappa shape index (κ3) is 3.73. The second-order valence-corrected chi connectivity index (χ2v) is 8.29. The van der Waals surface area contributed by atoms with Crippen LogP contribution in [0.1, 0.15) is 13.8 Å². The minimum Gasteiger partial charge on any atom is -0.508 e. The second-order valence-electron chi connectivity index (χ2n) is 6.41. The van der Waals surface area contributed by atoms with Gasteiger partial charge in [0.05, 0.1) is 25.2 Å². The van der Waals surface area contributed by atoms with Crippen molar-refractivity contribution in [2.24, 2.45) is 0 Å². The van der Waals surface area contributed by atoms with Crippen LogP contribution >= 0.6 is 0 Å². The average molecular weight is 420 g/mol. The third-order valence-electron chi connectivity index (χ3n) is 4.05. The van der Waals surface area contributed by atoms with Crippen LogP contribution in [0.3, 0.4) is 0 Å². The molecule has 3 aromatic rings. The van der Waals surface area contributed by atoms with Crippen molar-refractivity contribution in [1.82, 2.24) is 0 Å². The predicted octanol–water partition coefficient (Wildman–Crippen LogP) is 3.14. The number of phenols is 1. The number of rotatable bonds is 6. The summed E-state index contributed by atoms with van der Waals surface area (Å²) in [5, 5.41) is 8.87. The Balaban J connectivity index is 2.30. The van der Waals surface area contributed by atoms with E-state index in [4.69, 9.17) is 18.6 Å². The number of benzene rings is 2. The number of ether oxygens (including phenoxy) is 3. The molecule has 2 aromatic carbocycles. The number of aromatic hydroxyl groups is 1. The maximum atomic E-state index is 12.9. The normalized spacial score (nSPS) is 11.6. The zero-order valence-electron chi connectivity index (χ0n) is 16.3. The molecule has 0 atom stereocenters. The highest BCUT2D eigenvalue weighted by Gasteiger charge is 2.26. The number of phenolic OH excluding ortho intramolecular Hbond substituents is 1. The van der Waals surface area contributed by atoms with Gasteiger partial charge in [0.2, 0.25) is 20.7 Å². The maximum absolute atomic E-state index is 12.9. The Kier molecular flexibility index (Phi) is 5.43. The van der Waals surface area contributed by atoms with Gasteiger partial charge in [0.15, 0.2) is 16.9 Å². The van der Waals surface area contributed by atoms with E-state index in [2.05, 4.69) is 0 Å². The zero-order valence-corrected chi connectivity index (χ0v) is 17.1. The van der Waals surface area contributed by atoms with Crippen LogP contribution in [0, 0.1) is 0 Å². The molecule has 0 saturated heterocycles. The molecule has 1 heterocycles. The fraction of sp³-hybridized carbons (Fsp3) is 0.250. The van der Waals surface area contributed by atoms with Crippen molar-refractivity contribution in [3.05, 3.63) is 46.6 Å². The summed E-state index contributed by atoms with van der Waals surface area (Å²) < 4.78 is 47.7. The van der Waals surface area contributed by atoms with Gasteiger partial charge in [0, 0.05) is 12.1 Å². The molecule has 0 saturated carbocycles. The lowest BCUT2D eigenvalue weighted by molar-refractivity contribution is 0.226. The smallest absolute Gasteiger partial charge is 0.239 e. The van der Waals surface area contributed by atoms with E-state index >= 15 is 0 Å². The monoisotopic (exact) mass is 420 g/mol. The number of methoxy groups -OCH3 is 2. The third-order valence-corrected chi connectivity index (χ3v) is 5.68. The van der Waals surface area contributed by atoms with E-state index in [1.807, 2.05) is 0 Å². The van der Waals surface area contributed by atoms with Crippen molar-refractivity contribution in [3.8, 4) is 23.0 Å². The van der Waals surface area contributed by atoms with Crippen molar-refractivity contribution < 1.29 is 32.2 Å². The van der Waals surface area contributed by atoms with Gasteiger partial charge in [-0.25, -0.2) is 8.42 Å². The molecular weight excluding hydrogens is 400 g/mol. The van der Waals surface area contributed by atoms with Crippen molar-refractivity contribution >= 4 is 20.8 Å². The predicted molar refractivity (Wildman–Crippen MR) is 105 cm³/mol. The first-order chi connectivity index (χ1) is 13.7. The van der Waals surface area contributed by atoms with Crippen LogP contribution < -0.4 is 19.6 Å². The first kappa shape index (κ1) is 20.5. The van der Waals surface area contributed by atoms with Crippen LogP contribution in [-0.2, 0) is 9.84 Å². The molecule has 0 unspecified atom stereocenters. The van der Waals surface area contributed by atoms with Crippen LogP contribution in [-0.4, -0.2) is 33.8 Å². The fourth-order valence-corrected chi connectivity index (χ4v) is 4.02. The van der Waals surface area contributed by atoms with E-state index in [0.717, 1.165) is 6.07 Å². The summed E-state index contributed by atoms with van der Waals surface area (Å²) in [5.41, 5.74) is -0.641. The number of fused-ring (bicyclic) bond motifs is 1. The molecule has 1 aromatic heterocycles. The van der Waals surface area contributed by atoms with Gasteiger partial charge in [-0.1, -0.05) is 0 Å². The molecule has 29 heavy (non-hydrogen) atoms. The van der Waals surface area contributed by atoms with Gasteiger partial charge in [-0.3, -0.25) is 4.79 Å². The van der Waals surface area contributed by atoms with E-state index in [9.17, 15) is 18.3 Å². The van der Waals surface area contributed by atoms with Gasteiger partial charge in [-0.15, -0.1) is 0 Å². The first-order valence-electron chi connectivity index (χ1n) is 8.62. The van der Waals surface area contributed by atoms with Crippen LogP contribution in [0.4, 0.5) is 0 Å². The van der Waals surface area contributed by atoms with E-state index in [0.29, 0.717) is 0 Å². The summed E-state index contributed by atoms with van der Waals surface area (Å²) in [4.78, 5) is 12.6. The Morgan fingerprint density at radius 2 is 1.62 bits per heavy atom. The van der Waals surface area contributed by atoms with Crippen LogP contribution in [0.25, 0.3) is 11.0 Å². The molecule has 0 aliphatic rings. The summed E-state index contributed by atoms with van der Waals surface area (Å²) in [7, 11) is -1.37. The van der Waals surface area contributed by atoms with Crippen LogP contribution in [0.5, 0.6) is 23.0 Å². The van der Waals surface area contributed by atoms with Crippen LogP contribution in [0.2, 0.25) is 0 Å². The Bertz CT molecular complexity index is 1210. The SMILES string of the molecule is COc1c(OC(C)C)cc2oc(S(=O)(=O)c3ccc(O)cc3)cc(=O)c2c1OC. The molecule has 0 radical (unpaired) electrons. The van der Waals surface area contributed by atoms with Gasteiger partial charge < -0.3 is 23.7 Å². The van der Waals surface area contributed by atoms with E-state index in [1.165, 1.54) is 44.6 Å². The summed E-state index contributed by atoms with van der Waals surface area (Å²) in [6.45, 7) is 3.61. The molecule has 0 bridgehead atoms. The Morgan fingerprint density at radius 3 is 2.17 bits per heavy atom. The molecule has 154 valence electrons. The van der Waals surface area contributed by atoms with Gasteiger partial charge in [-0.2, -0.15) is 0 Å². The molecule has 0 fully saturated rings. The van der Waals surface area contributed by atoms with Crippen molar-refractivity contribution in [2.75, 3.05) is 14.2 Å². The van der Waals surface area contributed by atoms with Crippen LogP contribution in [0.15, 0.2) is 55.6 Å². The molecule has 3 rings (SSSR count). The lowest BCUT2D eigenvalue weighted by atomic mass is 10.1. The summed E-state index contributed by atoms with van der Waals surface area (Å²) in [6, 6.07) is 7.18. The highest BCUT2D eigenvalue weighted by atomic mass is 32.2. The van der Waals surface area contributed by atoms with Crippen molar-refractivity contribution in [1.29, 1.82) is 0 Å². The minimum atomic E-state index is -4.13. The summed E-state index contributed by atoms with van der Waals surface area (Å²) in [6.07, 6.45) is -0.221. The molecule has 0 amide bonds. The molecule has 0 aliphatic carbocycles. The minimum absolute atomic E-state index is 0.0249. The Hall–Kier alpha value is -3.20. The van der Waals surface area contributed by atoms with E-state index < -0.39 is 20.4 Å². The highest BCUT2D eigenvalue weighted by Crippen LogP contribution is 2.43. The van der Waals surface area contributed by atoms with Gasteiger partial charge >= 0.3 is 0 Å². The lowest BCUT2D eigenvalue weighted by Gasteiger charge is -2.17. The molecular formula is C20H20O8S. The molecule has 1 N–H and O–H groups in total. The maximum Gasteiger partial charge on any atom is 0.239 e. The molecule has 0 aliphatic heterocycles. The highest BCUT2D eigenvalue weighted by molar-refractivity contribution is 7.91. The van der Waals surface area contributed by atoms with E-state index in [1.54, 1.807) is 13.8 Å². The standard InChI is InChI=1S/C20H20O8S/c1-11(2)27-16-10-15-18(20(26-4)19(16)25-3)14(22)9-17(28-15)29(23,24)13-7-5-12(21)6-8-13/h5-11,21H,1-4H3. The Labute approximate surface area is 167 Å². The first-order valence-corrected chi connectivity index (χ1v) is 10.1. The number of hydrogen-bond acceptors (Lipinski definition) is 8. The quantitative estimate of drug-likeness (QED) is 0.647. The molecule has 9 heteroatoms. The topological polar surface area (TPSA) is 112 Å². The lowest BCUT2D eigenvalue weighted by Crippen LogP contribution is -2.11. The number of sulfone groups is 1. The average Bonchev–Trinajstić information content (AvgIpc) is 2.66. The van der Waals surface area contributed by atoms with Gasteiger partial charge in [0.25, 0.3) is 0 Å². The Morgan fingerprint density at radius 1 is 1.00 bits per heavy atom. The number of hydrogen-bond donors (Lipinski definition) is 1. The van der Waals surface area contributed by atoms with Gasteiger partial charge in [-0.05, 0) is 38.1 Å². The van der Waals surface area contributed by atoms with E-state index in [-0.39, 0.29) is 45.0 Å². The zero-order chi connectivity index (χ0) is 21.3. The largest absolute Gasteiger partial charge is 0.508 e.